The van der Waals surface area contributed by atoms with Crippen molar-refractivity contribution in [3.8, 4) is 44.5 Å². The van der Waals surface area contributed by atoms with Crippen molar-refractivity contribution in [2.75, 3.05) is 0 Å². The van der Waals surface area contributed by atoms with Gasteiger partial charge in [-0.1, -0.05) is 123 Å². The van der Waals surface area contributed by atoms with E-state index in [1.807, 2.05) is 11.3 Å². The average molecular weight is 787 g/mol. The molecule has 284 valence electrons. The lowest BCUT2D eigenvalue weighted by Crippen LogP contribution is -2.14. The molecule has 1 atom stereocenters. The van der Waals surface area contributed by atoms with Gasteiger partial charge in [0.1, 0.15) is 22.5 Å². The van der Waals surface area contributed by atoms with Gasteiger partial charge in [-0.15, -0.1) is 11.3 Å². The predicted molar refractivity (Wildman–Crippen MR) is 252 cm³/mol. The SMILES string of the molecule is CC1(C)c2cc(-c3ccc4oc5c(c4c3)CC(c3ccccc3)C=C5)ccc2-c2c1ccc1sc3ccc(-c4ccc5oc6ccc(-c7ccccc7)cc6c5c4)cc3c21. The zero-order valence-electron chi connectivity index (χ0n) is 33.3. The topological polar surface area (TPSA) is 26.3 Å². The molecule has 0 N–H and O–H groups in total. The molecule has 0 aliphatic heterocycles. The molecule has 0 saturated carbocycles. The molecule has 11 aromatic rings. The number of hydrogen-bond donors (Lipinski definition) is 0. The maximum absolute atomic E-state index is 6.38. The first-order valence-electron chi connectivity index (χ1n) is 20.9. The second-order valence-electron chi connectivity index (χ2n) is 17.2. The maximum Gasteiger partial charge on any atom is 0.135 e. The molecule has 60 heavy (non-hydrogen) atoms. The van der Waals surface area contributed by atoms with Crippen molar-refractivity contribution in [1.82, 2.24) is 0 Å². The van der Waals surface area contributed by atoms with Crippen LogP contribution < -0.4 is 0 Å². The van der Waals surface area contributed by atoms with Crippen LogP contribution >= 0.6 is 11.3 Å². The van der Waals surface area contributed by atoms with Crippen LogP contribution in [0.4, 0.5) is 0 Å². The van der Waals surface area contributed by atoms with Gasteiger partial charge in [0.25, 0.3) is 0 Å². The summed E-state index contributed by atoms with van der Waals surface area (Å²) < 4.78 is 15.4. The monoisotopic (exact) mass is 786 g/mol. The number of fused-ring (bicyclic) bond motifs is 13. The standard InChI is InChI=1S/C57H38O2S/c1-57(2)47-20-26-54-56(46-31-39(18-25-53(46)60-54)37-16-23-51-44(29-37)42-27-35(14-21-49(42)58-51)33-9-5-3-6-10-33)55(47)41-19-13-40(32-48(41)57)38-17-24-52-45(30-38)43-28-36(15-22-50(43)59-52)34-11-7-4-8-12-34/h3-27,29-32,36H,28H2,1-2H3. The average Bonchev–Trinajstić information content (AvgIpc) is 4.03. The van der Waals surface area contributed by atoms with E-state index in [-0.39, 0.29) is 5.41 Å². The molecule has 3 heterocycles. The third-order valence-electron chi connectivity index (χ3n) is 13.5. The van der Waals surface area contributed by atoms with E-state index in [4.69, 9.17) is 8.83 Å². The van der Waals surface area contributed by atoms with E-state index in [1.54, 1.807) is 0 Å². The van der Waals surface area contributed by atoms with Crippen LogP contribution in [0.15, 0.2) is 179 Å². The Hall–Kier alpha value is -6.94. The lowest BCUT2D eigenvalue weighted by Gasteiger charge is -2.22. The van der Waals surface area contributed by atoms with E-state index in [0.29, 0.717) is 5.92 Å². The van der Waals surface area contributed by atoms with Gasteiger partial charge in [-0.25, -0.2) is 0 Å². The molecule has 1 unspecified atom stereocenters. The first-order chi connectivity index (χ1) is 29.4. The molecule has 0 spiro atoms. The highest BCUT2D eigenvalue weighted by atomic mass is 32.1. The molecule has 2 aliphatic rings. The Labute approximate surface area is 351 Å². The smallest absolute Gasteiger partial charge is 0.135 e. The highest BCUT2D eigenvalue weighted by molar-refractivity contribution is 7.26. The third-order valence-corrected chi connectivity index (χ3v) is 14.6. The normalized spacial score (nSPS) is 15.3. The minimum atomic E-state index is -0.153. The van der Waals surface area contributed by atoms with Gasteiger partial charge in [0.15, 0.2) is 0 Å². The van der Waals surface area contributed by atoms with Crippen molar-refractivity contribution in [1.29, 1.82) is 0 Å². The second kappa shape index (κ2) is 12.5. The van der Waals surface area contributed by atoms with Crippen molar-refractivity contribution >= 4 is 70.5 Å². The van der Waals surface area contributed by atoms with Gasteiger partial charge in [0.2, 0.25) is 0 Å². The molecule has 0 amide bonds. The van der Waals surface area contributed by atoms with Gasteiger partial charge >= 0.3 is 0 Å². The fourth-order valence-corrected chi connectivity index (χ4v) is 11.4. The summed E-state index contributed by atoms with van der Waals surface area (Å²) in [5, 5.41) is 6.18. The lowest BCUT2D eigenvalue weighted by atomic mass is 9.81. The molecular formula is C57H38O2S. The van der Waals surface area contributed by atoms with Crippen LogP contribution in [0.3, 0.4) is 0 Å². The Morgan fingerprint density at radius 1 is 0.500 bits per heavy atom. The van der Waals surface area contributed by atoms with E-state index in [2.05, 4.69) is 190 Å². The molecule has 0 radical (unpaired) electrons. The Morgan fingerprint density at radius 3 is 1.82 bits per heavy atom. The van der Waals surface area contributed by atoms with Crippen LogP contribution in [-0.4, -0.2) is 0 Å². The zero-order valence-corrected chi connectivity index (χ0v) is 34.1. The molecule has 0 bridgehead atoms. The summed E-state index contributed by atoms with van der Waals surface area (Å²) in [5.41, 5.74) is 18.0. The molecule has 0 saturated heterocycles. The highest BCUT2D eigenvalue weighted by Crippen LogP contribution is 2.55. The Kier molecular flexibility index (Phi) is 7.10. The van der Waals surface area contributed by atoms with Crippen LogP contribution in [0, 0.1) is 0 Å². The minimum Gasteiger partial charge on any atom is -0.456 e. The molecule has 3 heteroatoms. The van der Waals surface area contributed by atoms with Crippen LogP contribution in [0.5, 0.6) is 0 Å². The van der Waals surface area contributed by atoms with Crippen LogP contribution in [0.1, 0.15) is 47.8 Å². The van der Waals surface area contributed by atoms with E-state index in [1.165, 1.54) is 92.3 Å². The third kappa shape index (κ3) is 4.99. The fourth-order valence-electron chi connectivity index (χ4n) is 10.3. The number of allylic oxidation sites excluding steroid dienone is 1. The van der Waals surface area contributed by atoms with Gasteiger partial charge < -0.3 is 8.83 Å². The number of rotatable bonds is 4. The number of thiophene rings is 1. The summed E-state index contributed by atoms with van der Waals surface area (Å²) in [6.45, 7) is 4.79. The second-order valence-corrected chi connectivity index (χ2v) is 18.3. The van der Waals surface area contributed by atoms with Crippen LogP contribution in [0.25, 0.3) is 104 Å². The molecular weight excluding hydrogens is 749 g/mol. The van der Waals surface area contributed by atoms with Gasteiger partial charge in [0.05, 0.1) is 0 Å². The summed E-state index contributed by atoms with van der Waals surface area (Å²) in [4.78, 5) is 0. The summed E-state index contributed by atoms with van der Waals surface area (Å²) >= 11 is 1.89. The Balaban J connectivity index is 0.906. The molecule has 13 rings (SSSR count). The van der Waals surface area contributed by atoms with Gasteiger partial charge in [0, 0.05) is 53.2 Å². The molecule has 3 aromatic heterocycles. The Morgan fingerprint density at radius 2 is 1.08 bits per heavy atom. The minimum absolute atomic E-state index is 0.153. The van der Waals surface area contributed by atoms with Crippen molar-refractivity contribution in [3.63, 3.8) is 0 Å². The molecule has 2 aliphatic carbocycles. The van der Waals surface area contributed by atoms with Crippen LogP contribution in [-0.2, 0) is 11.8 Å². The largest absolute Gasteiger partial charge is 0.456 e. The summed E-state index contributed by atoms with van der Waals surface area (Å²) in [7, 11) is 0. The number of hydrogen-bond acceptors (Lipinski definition) is 3. The van der Waals surface area contributed by atoms with Crippen molar-refractivity contribution < 1.29 is 8.83 Å². The molecule has 8 aromatic carbocycles. The summed E-state index contributed by atoms with van der Waals surface area (Å²) in [6.07, 6.45) is 5.40. The molecule has 2 nitrogen and oxygen atoms in total. The predicted octanol–water partition coefficient (Wildman–Crippen LogP) is 16.4. The number of furan rings is 2. The highest BCUT2D eigenvalue weighted by Gasteiger charge is 2.37. The lowest BCUT2D eigenvalue weighted by molar-refractivity contribution is 0.591. The van der Waals surface area contributed by atoms with Gasteiger partial charge in [-0.05, 0) is 134 Å². The van der Waals surface area contributed by atoms with E-state index < -0.39 is 0 Å². The molecule has 0 fully saturated rings. The quantitative estimate of drug-likeness (QED) is 0.178. The van der Waals surface area contributed by atoms with Crippen molar-refractivity contribution in [3.05, 3.63) is 198 Å². The van der Waals surface area contributed by atoms with Gasteiger partial charge in [-0.2, -0.15) is 0 Å². The summed E-state index contributed by atoms with van der Waals surface area (Å²) in [5.74, 6) is 1.33. The fraction of sp³-hybridized carbons (Fsp3) is 0.0877. The first-order valence-corrected chi connectivity index (χ1v) is 21.7. The van der Waals surface area contributed by atoms with Crippen molar-refractivity contribution in [2.45, 2.75) is 31.6 Å². The number of benzene rings is 8. The maximum atomic E-state index is 6.38. The van der Waals surface area contributed by atoms with Crippen LogP contribution in [0.2, 0.25) is 0 Å². The van der Waals surface area contributed by atoms with E-state index >= 15 is 0 Å². The van der Waals surface area contributed by atoms with Crippen molar-refractivity contribution in [2.24, 2.45) is 0 Å². The summed E-state index contributed by atoms with van der Waals surface area (Å²) in [6, 6.07) is 60.2. The van der Waals surface area contributed by atoms with E-state index in [0.717, 1.165) is 39.7 Å². The van der Waals surface area contributed by atoms with E-state index in [9.17, 15) is 0 Å². The Bertz CT molecular complexity index is 3590. The first kappa shape index (κ1) is 34.0. The zero-order chi connectivity index (χ0) is 39.7. The van der Waals surface area contributed by atoms with Gasteiger partial charge in [-0.3, -0.25) is 0 Å².